The van der Waals surface area contributed by atoms with Gasteiger partial charge in [0.1, 0.15) is 5.54 Å². The van der Waals surface area contributed by atoms with Gasteiger partial charge in [-0.05, 0) is 62.7 Å². The fourth-order valence-corrected chi connectivity index (χ4v) is 3.95. The van der Waals surface area contributed by atoms with Crippen LogP contribution in [0.2, 0.25) is 0 Å². The largest absolute Gasteiger partial charge is 0.340 e. The first kappa shape index (κ1) is 11.7. The van der Waals surface area contributed by atoms with Crippen LogP contribution in [0, 0.1) is 17.3 Å². The molecule has 4 heteroatoms. The summed E-state index contributed by atoms with van der Waals surface area (Å²) in [6, 6.07) is 0. The van der Waals surface area contributed by atoms with E-state index < -0.39 is 5.54 Å². The summed E-state index contributed by atoms with van der Waals surface area (Å²) in [4.78, 5) is 26.6. The van der Waals surface area contributed by atoms with Crippen LogP contribution in [0.5, 0.6) is 0 Å². The molecule has 1 aliphatic heterocycles. The Morgan fingerprint density at radius 3 is 2.32 bits per heavy atom. The van der Waals surface area contributed by atoms with Gasteiger partial charge in [-0.1, -0.05) is 0 Å². The molecule has 4 aliphatic rings. The molecule has 1 saturated heterocycles. The second kappa shape index (κ2) is 3.53. The molecule has 19 heavy (non-hydrogen) atoms. The third-order valence-corrected chi connectivity index (χ3v) is 5.70. The zero-order chi connectivity index (χ0) is 13.3. The summed E-state index contributed by atoms with van der Waals surface area (Å²) in [5, 5.41) is 2.96. The van der Waals surface area contributed by atoms with E-state index in [0.717, 1.165) is 25.3 Å². The van der Waals surface area contributed by atoms with Crippen molar-refractivity contribution in [2.24, 2.45) is 17.3 Å². The van der Waals surface area contributed by atoms with Crippen LogP contribution >= 0.6 is 0 Å². The predicted molar refractivity (Wildman–Crippen MR) is 70.2 cm³/mol. The summed E-state index contributed by atoms with van der Waals surface area (Å²) in [5.41, 5.74) is -0.229. The fourth-order valence-electron chi connectivity index (χ4n) is 3.95. The third kappa shape index (κ3) is 1.79. The van der Waals surface area contributed by atoms with Gasteiger partial charge in [0.25, 0.3) is 0 Å². The lowest BCUT2D eigenvalue weighted by molar-refractivity contribution is -0.151. The van der Waals surface area contributed by atoms with Crippen LogP contribution in [-0.4, -0.2) is 35.3 Å². The van der Waals surface area contributed by atoms with E-state index in [1.165, 1.54) is 25.7 Å². The van der Waals surface area contributed by atoms with Crippen molar-refractivity contribution >= 4 is 11.8 Å². The van der Waals surface area contributed by atoms with Crippen LogP contribution in [0.15, 0.2) is 0 Å². The first-order valence-electron chi connectivity index (χ1n) is 7.64. The average Bonchev–Trinajstić information content (AvgIpc) is 3.22. The molecule has 0 aromatic rings. The average molecular weight is 262 g/mol. The molecule has 0 bridgehead atoms. The Kier molecular flexibility index (Phi) is 2.18. The van der Waals surface area contributed by atoms with Gasteiger partial charge in [-0.25, -0.2) is 0 Å². The molecule has 1 atom stereocenters. The maximum absolute atomic E-state index is 12.7. The summed E-state index contributed by atoms with van der Waals surface area (Å²) >= 11 is 0. The van der Waals surface area contributed by atoms with Crippen LogP contribution in [0.25, 0.3) is 0 Å². The van der Waals surface area contributed by atoms with Gasteiger partial charge < -0.3 is 10.2 Å². The SMILES string of the molecule is CC1(C2CC2)NC(=O)CN(CC2(C3CC3)CC2)C1=O. The molecule has 3 saturated carbocycles. The van der Waals surface area contributed by atoms with Crippen LogP contribution in [-0.2, 0) is 9.59 Å². The molecule has 4 rings (SSSR count). The zero-order valence-electron chi connectivity index (χ0n) is 11.6. The Morgan fingerprint density at radius 2 is 1.79 bits per heavy atom. The Hall–Kier alpha value is -1.06. The van der Waals surface area contributed by atoms with Crippen molar-refractivity contribution in [2.45, 2.75) is 51.0 Å². The second-order valence-electron chi connectivity index (χ2n) is 7.32. The number of hydrogen-bond acceptors (Lipinski definition) is 2. The van der Waals surface area contributed by atoms with Gasteiger partial charge in [0.15, 0.2) is 0 Å². The minimum absolute atomic E-state index is 0.0283. The molecular weight excluding hydrogens is 240 g/mol. The number of hydrogen-bond donors (Lipinski definition) is 1. The summed E-state index contributed by atoms with van der Waals surface area (Å²) in [6.45, 7) is 3.02. The zero-order valence-corrected chi connectivity index (χ0v) is 11.6. The van der Waals surface area contributed by atoms with Gasteiger partial charge in [-0.15, -0.1) is 0 Å². The van der Waals surface area contributed by atoms with E-state index in [9.17, 15) is 9.59 Å². The van der Waals surface area contributed by atoms with E-state index in [4.69, 9.17) is 0 Å². The van der Waals surface area contributed by atoms with Crippen molar-refractivity contribution in [2.75, 3.05) is 13.1 Å². The Morgan fingerprint density at radius 1 is 1.16 bits per heavy atom. The van der Waals surface area contributed by atoms with E-state index in [-0.39, 0.29) is 18.4 Å². The molecule has 0 aromatic carbocycles. The molecule has 0 spiro atoms. The van der Waals surface area contributed by atoms with Crippen LogP contribution in [0.4, 0.5) is 0 Å². The highest BCUT2D eigenvalue weighted by molar-refractivity contribution is 5.98. The van der Waals surface area contributed by atoms with Crippen LogP contribution in [0.1, 0.15) is 45.4 Å². The fraction of sp³-hybridized carbons (Fsp3) is 0.867. The highest BCUT2D eigenvalue weighted by Gasteiger charge is 2.58. The molecule has 2 amide bonds. The Labute approximate surface area is 113 Å². The molecular formula is C15H22N2O2. The molecule has 0 aromatic heterocycles. The van der Waals surface area contributed by atoms with Gasteiger partial charge in [0.05, 0.1) is 6.54 Å². The molecule has 1 unspecified atom stereocenters. The van der Waals surface area contributed by atoms with Crippen molar-refractivity contribution in [3.05, 3.63) is 0 Å². The minimum Gasteiger partial charge on any atom is -0.340 e. The molecule has 3 aliphatic carbocycles. The van der Waals surface area contributed by atoms with Gasteiger partial charge >= 0.3 is 0 Å². The Balaban J connectivity index is 1.54. The van der Waals surface area contributed by atoms with Crippen molar-refractivity contribution in [3.63, 3.8) is 0 Å². The van der Waals surface area contributed by atoms with Crippen LogP contribution < -0.4 is 5.32 Å². The molecule has 104 valence electrons. The highest BCUT2D eigenvalue weighted by Crippen LogP contribution is 2.61. The maximum atomic E-state index is 12.7. The number of amides is 2. The maximum Gasteiger partial charge on any atom is 0.248 e. The topological polar surface area (TPSA) is 49.4 Å². The molecule has 4 fully saturated rings. The summed E-state index contributed by atoms with van der Waals surface area (Å²) in [7, 11) is 0. The van der Waals surface area contributed by atoms with Crippen molar-refractivity contribution in [3.8, 4) is 0 Å². The molecule has 1 N–H and O–H groups in total. The van der Waals surface area contributed by atoms with Crippen LogP contribution in [0.3, 0.4) is 0 Å². The Bertz CT molecular complexity index is 449. The third-order valence-electron chi connectivity index (χ3n) is 5.70. The van der Waals surface area contributed by atoms with E-state index in [1.807, 2.05) is 11.8 Å². The summed E-state index contributed by atoms with van der Waals surface area (Å²) in [5.74, 6) is 1.39. The smallest absolute Gasteiger partial charge is 0.248 e. The number of carbonyl (C=O) groups excluding carboxylic acids is 2. The first-order valence-corrected chi connectivity index (χ1v) is 7.64. The first-order chi connectivity index (χ1) is 9.03. The second-order valence-corrected chi connectivity index (χ2v) is 7.32. The number of nitrogens with one attached hydrogen (secondary N) is 1. The lowest BCUT2D eigenvalue weighted by Gasteiger charge is -2.41. The molecule has 4 nitrogen and oxygen atoms in total. The molecule has 1 heterocycles. The van der Waals surface area contributed by atoms with Gasteiger partial charge in [0.2, 0.25) is 11.8 Å². The number of carbonyl (C=O) groups is 2. The summed E-state index contributed by atoms with van der Waals surface area (Å²) in [6.07, 6.45) is 7.31. The number of piperazine rings is 1. The highest BCUT2D eigenvalue weighted by atomic mass is 16.2. The minimum atomic E-state index is -0.616. The van der Waals surface area contributed by atoms with Gasteiger partial charge in [-0.3, -0.25) is 9.59 Å². The standard InChI is InChI=1S/C15H22N2O2/c1-14(10-2-3-10)13(19)17(8-12(18)16-14)9-15(6-7-15)11-4-5-11/h10-11H,2-9H2,1H3,(H,16,18). The van der Waals surface area contributed by atoms with Gasteiger partial charge in [0, 0.05) is 6.54 Å². The van der Waals surface area contributed by atoms with E-state index >= 15 is 0 Å². The summed E-state index contributed by atoms with van der Waals surface area (Å²) < 4.78 is 0. The monoisotopic (exact) mass is 262 g/mol. The van der Waals surface area contributed by atoms with Crippen molar-refractivity contribution in [1.82, 2.24) is 10.2 Å². The predicted octanol–water partition coefficient (Wildman–Crippen LogP) is 1.30. The van der Waals surface area contributed by atoms with E-state index in [2.05, 4.69) is 5.32 Å². The lowest BCUT2D eigenvalue weighted by Crippen LogP contribution is -2.67. The quantitative estimate of drug-likeness (QED) is 0.830. The molecule has 0 radical (unpaired) electrons. The normalized spacial score (nSPS) is 37.2. The number of nitrogens with zero attached hydrogens (tertiary/aromatic N) is 1. The van der Waals surface area contributed by atoms with E-state index in [0.29, 0.717) is 11.3 Å². The van der Waals surface area contributed by atoms with Crippen molar-refractivity contribution < 1.29 is 9.59 Å². The van der Waals surface area contributed by atoms with Gasteiger partial charge in [-0.2, -0.15) is 0 Å². The number of rotatable bonds is 4. The lowest BCUT2D eigenvalue weighted by atomic mass is 9.90. The van der Waals surface area contributed by atoms with Crippen molar-refractivity contribution in [1.29, 1.82) is 0 Å². The van der Waals surface area contributed by atoms with E-state index in [1.54, 1.807) is 0 Å².